The van der Waals surface area contributed by atoms with Crippen molar-refractivity contribution in [2.24, 2.45) is 20.0 Å². The monoisotopic (exact) mass is 307 g/mol. The quantitative estimate of drug-likeness (QED) is 0.735. The molecule has 1 saturated heterocycles. The highest BCUT2D eigenvalue weighted by Gasteiger charge is 2.30. The van der Waals surface area contributed by atoms with Crippen LogP contribution in [0, 0.1) is 0 Å². The summed E-state index contributed by atoms with van der Waals surface area (Å²) >= 11 is 0. The Kier molecular flexibility index (Phi) is 3.06. The van der Waals surface area contributed by atoms with Crippen LogP contribution in [-0.4, -0.2) is 35.2 Å². The zero-order chi connectivity index (χ0) is 15.2. The molecule has 5 heterocycles. The molecule has 23 heavy (non-hydrogen) atoms. The minimum Gasteiger partial charge on any atom is -0.362 e. The Hall–Kier alpha value is -2.04. The van der Waals surface area contributed by atoms with Crippen molar-refractivity contribution in [3.63, 3.8) is 0 Å². The third kappa shape index (κ3) is 2.58. The lowest BCUT2D eigenvalue weighted by molar-refractivity contribution is 0.527. The molecular weight excluding hydrogens is 286 g/mol. The number of hydrogen-bond donors (Lipinski definition) is 1. The standard InChI is InChI=1S/C18H21N5/c1-2-12-10-14-4-7-17(21-14)23-18-8-6-16(22-18)15-5-3-13(20-15)9-11(1)19-12/h9-10,15-16,19H,1-8H2/b11-9-,12-10-,23-17?. The molecule has 0 aromatic carbocycles. The molecule has 0 aromatic rings. The van der Waals surface area contributed by atoms with Gasteiger partial charge in [0, 0.05) is 35.7 Å². The van der Waals surface area contributed by atoms with E-state index in [1.54, 1.807) is 0 Å². The summed E-state index contributed by atoms with van der Waals surface area (Å²) in [5.74, 6) is 1.94. The number of hydrogen-bond acceptors (Lipinski definition) is 5. The van der Waals surface area contributed by atoms with Gasteiger partial charge in [-0.3, -0.25) is 9.98 Å². The van der Waals surface area contributed by atoms with E-state index in [2.05, 4.69) is 17.5 Å². The van der Waals surface area contributed by atoms with Gasteiger partial charge >= 0.3 is 0 Å². The third-order valence-electron chi connectivity index (χ3n) is 5.25. The zero-order valence-corrected chi connectivity index (χ0v) is 13.3. The summed E-state index contributed by atoms with van der Waals surface area (Å²) in [6.45, 7) is 0. The predicted molar refractivity (Wildman–Crippen MR) is 93.6 cm³/mol. The average molecular weight is 307 g/mol. The molecule has 2 unspecified atom stereocenters. The maximum atomic E-state index is 4.94. The molecule has 5 aliphatic heterocycles. The molecule has 0 amide bonds. The van der Waals surface area contributed by atoms with E-state index in [0.717, 1.165) is 68.7 Å². The lowest BCUT2D eigenvalue weighted by Gasteiger charge is -2.11. The topological polar surface area (TPSA) is 61.5 Å². The van der Waals surface area contributed by atoms with Gasteiger partial charge < -0.3 is 5.32 Å². The second kappa shape index (κ2) is 5.25. The molecule has 5 nitrogen and oxygen atoms in total. The van der Waals surface area contributed by atoms with Gasteiger partial charge in [0.1, 0.15) is 11.7 Å². The molecule has 0 aromatic heterocycles. The van der Waals surface area contributed by atoms with Gasteiger partial charge in [0.05, 0.1) is 12.1 Å². The van der Waals surface area contributed by atoms with Crippen LogP contribution in [-0.2, 0) is 0 Å². The minimum absolute atomic E-state index is 0.324. The van der Waals surface area contributed by atoms with Crippen molar-refractivity contribution in [2.75, 3.05) is 0 Å². The van der Waals surface area contributed by atoms with E-state index in [1.807, 2.05) is 0 Å². The number of nitrogens with zero attached hydrogens (tertiary/aromatic N) is 4. The first-order valence-corrected chi connectivity index (χ1v) is 8.78. The molecule has 0 aliphatic carbocycles. The molecule has 0 radical (unpaired) electrons. The van der Waals surface area contributed by atoms with Gasteiger partial charge in [-0.1, -0.05) is 0 Å². The molecule has 118 valence electrons. The Morgan fingerprint density at radius 3 is 2.39 bits per heavy atom. The summed E-state index contributed by atoms with van der Waals surface area (Å²) < 4.78 is 0. The Balaban J connectivity index is 1.55. The van der Waals surface area contributed by atoms with Crippen LogP contribution in [0.4, 0.5) is 0 Å². The highest BCUT2D eigenvalue weighted by molar-refractivity contribution is 6.12. The van der Waals surface area contributed by atoms with Gasteiger partial charge in [-0.2, -0.15) is 0 Å². The van der Waals surface area contributed by atoms with Crippen LogP contribution >= 0.6 is 0 Å². The van der Waals surface area contributed by atoms with Crippen molar-refractivity contribution in [3.8, 4) is 0 Å². The number of aliphatic imine (C=N–C) groups is 4. The van der Waals surface area contributed by atoms with Crippen LogP contribution in [0.2, 0.25) is 0 Å². The molecule has 0 saturated carbocycles. The molecule has 2 atom stereocenters. The Bertz CT molecular complexity index is 735. The van der Waals surface area contributed by atoms with Gasteiger partial charge in [-0.05, 0) is 50.7 Å². The van der Waals surface area contributed by atoms with Crippen LogP contribution in [0.15, 0.2) is 43.5 Å². The van der Waals surface area contributed by atoms with Crippen molar-refractivity contribution in [3.05, 3.63) is 23.5 Å². The second-order valence-corrected chi connectivity index (χ2v) is 6.97. The van der Waals surface area contributed by atoms with E-state index < -0.39 is 0 Å². The van der Waals surface area contributed by atoms with E-state index in [9.17, 15) is 0 Å². The number of rotatable bonds is 0. The van der Waals surface area contributed by atoms with Crippen LogP contribution in [0.25, 0.3) is 0 Å². The van der Waals surface area contributed by atoms with Crippen LogP contribution < -0.4 is 5.32 Å². The molecular formula is C18H21N5. The third-order valence-corrected chi connectivity index (χ3v) is 5.25. The molecule has 5 heteroatoms. The molecule has 5 aliphatic rings. The van der Waals surface area contributed by atoms with Gasteiger partial charge in [-0.25, -0.2) is 9.98 Å². The van der Waals surface area contributed by atoms with Gasteiger partial charge in [-0.15, -0.1) is 0 Å². The summed E-state index contributed by atoms with van der Waals surface area (Å²) in [6, 6.07) is 0.675. The normalized spacial score (nSPS) is 36.5. The highest BCUT2D eigenvalue weighted by atomic mass is 15.1. The first-order chi connectivity index (χ1) is 11.3. The minimum atomic E-state index is 0.324. The van der Waals surface area contributed by atoms with Crippen molar-refractivity contribution >= 4 is 23.1 Å². The van der Waals surface area contributed by atoms with E-state index in [1.165, 1.54) is 17.1 Å². The highest BCUT2D eigenvalue weighted by Crippen LogP contribution is 2.29. The lowest BCUT2D eigenvalue weighted by atomic mass is 10.0. The maximum absolute atomic E-state index is 4.94. The SMILES string of the molecule is C1=C2/CC/C(=C/C3=NC(CC3)C3CCC(=N3)N=C3CCC/1=N3)N2. The van der Waals surface area contributed by atoms with Crippen molar-refractivity contribution in [2.45, 2.75) is 63.5 Å². The molecule has 1 fully saturated rings. The fraction of sp³-hybridized carbons (Fsp3) is 0.556. The second-order valence-electron chi connectivity index (χ2n) is 6.97. The van der Waals surface area contributed by atoms with Gasteiger partial charge in [0.2, 0.25) is 0 Å². The van der Waals surface area contributed by atoms with Gasteiger partial charge in [0.25, 0.3) is 0 Å². The predicted octanol–water partition coefficient (Wildman–Crippen LogP) is 2.95. The Morgan fingerprint density at radius 2 is 1.48 bits per heavy atom. The summed E-state index contributed by atoms with van der Waals surface area (Å²) in [7, 11) is 0. The van der Waals surface area contributed by atoms with E-state index in [-0.39, 0.29) is 0 Å². The summed E-state index contributed by atoms with van der Waals surface area (Å²) in [4.78, 5) is 19.2. The largest absolute Gasteiger partial charge is 0.362 e. The molecule has 5 rings (SSSR count). The zero-order valence-electron chi connectivity index (χ0n) is 13.3. The van der Waals surface area contributed by atoms with Crippen LogP contribution in [0.1, 0.15) is 51.4 Å². The Morgan fingerprint density at radius 1 is 0.696 bits per heavy atom. The fourth-order valence-electron chi connectivity index (χ4n) is 4.06. The lowest BCUT2D eigenvalue weighted by Crippen LogP contribution is -2.17. The van der Waals surface area contributed by atoms with E-state index in [0.29, 0.717) is 12.1 Å². The van der Waals surface area contributed by atoms with Crippen molar-refractivity contribution in [1.82, 2.24) is 5.32 Å². The summed E-state index contributed by atoms with van der Waals surface area (Å²) in [5, 5.41) is 3.55. The summed E-state index contributed by atoms with van der Waals surface area (Å²) in [6.07, 6.45) is 12.8. The van der Waals surface area contributed by atoms with Crippen LogP contribution in [0.5, 0.6) is 0 Å². The van der Waals surface area contributed by atoms with Crippen molar-refractivity contribution < 1.29 is 0 Å². The molecule has 8 bridgehead atoms. The fourth-order valence-corrected chi connectivity index (χ4v) is 4.06. The average Bonchev–Trinajstić information content (AvgIpc) is 3.28. The first-order valence-electron chi connectivity index (χ1n) is 8.78. The van der Waals surface area contributed by atoms with Crippen molar-refractivity contribution in [1.29, 1.82) is 0 Å². The molecule has 1 N–H and O–H groups in total. The summed E-state index contributed by atoms with van der Waals surface area (Å²) in [5.41, 5.74) is 4.97. The van der Waals surface area contributed by atoms with E-state index in [4.69, 9.17) is 20.0 Å². The molecule has 0 spiro atoms. The number of fused-ring (bicyclic) bond motifs is 6. The number of amidine groups is 2. The number of nitrogens with one attached hydrogen (secondary N) is 1. The smallest absolute Gasteiger partial charge is 0.131 e. The Labute approximate surface area is 136 Å². The van der Waals surface area contributed by atoms with Gasteiger partial charge in [0.15, 0.2) is 0 Å². The maximum Gasteiger partial charge on any atom is 0.131 e. The first kappa shape index (κ1) is 13.4. The van der Waals surface area contributed by atoms with E-state index >= 15 is 0 Å². The number of allylic oxidation sites excluding steroid dienone is 4. The van der Waals surface area contributed by atoms with Crippen LogP contribution in [0.3, 0.4) is 0 Å².